The zero-order chi connectivity index (χ0) is 20.0. The smallest absolute Gasteiger partial charge is 0.316 e. The first kappa shape index (κ1) is 20.9. The summed E-state index contributed by atoms with van der Waals surface area (Å²) >= 11 is 0. The Balaban J connectivity index is 3.70. The van der Waals surface area contributed by atoms with Gasteiger partial charge in [0.25, 0.3) is 5.69 Å². The maximum Gasteiger partial charge on any atom is 0.316 e. The van der Waals surface area contributed by atoms with Crippen molar-refractivity contribution in [2.45, 2.75) is 19.8 Å². The Bertz CT molecular complexity index is 708. The van der Waals surface area contributed by atoms with Gasteiger partial charge in [-0.15, -0.1) is 0 Å². The van der Waals surface area contributed by atoms with E-state index in [1.807, 2.05) is 0 Å². The predicted octanol–water partition coefficient (Wildman–Crippen LogP) is 1.43. The number of carbonyl (C=O) groups excluding carboxylic acids is 4. The molecule has 1 aromatic rings. The molecule has 1 rings (SSSR count). The zero-order valence-electron chi connectivity index (χ0n) is 14.8. The van der Waals surface area contributed by atoms with E-state index >= 15 is 0 Å². The molecule has 0 saturated heterocycles. The van der Waals surface area contributed by atoms with Crippen LogP contribution >= 0.6 is 0 Å². The van der Waals surface area contributed by atoms with Gasteiger partial charge in [0.2, 0.25) is 0 Å². The molecule has 0 amide bonds. The second kappa shape index (κ2) is 8.84. The molecular weight excluding hydrogens is 346 g/mol. The fourth-order valence-corrected chi connectivity index (χ4v) is 2.81. The summed E-state index contributed by atoms with van der Waals surface area (Å²) in [5, 5.41) is 11.1. The van der Waals surface area contributed by atoms with Crippen LogP contribution in [0.25, 0.3) is 0 Å². The lowest BCUT2D eigenvalue weighted by Crippen LogP contribution is -2.40. The number of hydrogen-bond donors (Lipinski definition) is 0. The highest BCUT2D eigenvalue weighted by Crippen LogP contribution is 2.36. The van der Waals surface area contributed by atoms with Gasteiger partial charge in [0.1, 0.15) is 23.4 Å². The number of benzene rings is 1. The number of hydrogen-bond acceptors (Lipinski definition) is 8. The normalized spacial score (nSPS) is 12.8. The molecule has 0 N–H and O–H groups in total. The van der Waals surface area contributed by atoms with E-state index < -0.39 is 46.2 Å². The van der Waals surface area contributed by atoms with Gasteiger partial charge >= 0.3 is 11.9 Å². The Kier molecular flexibility index (Phi) is 7.12. The van der Waals surface area contributed by atoms with Gasteiger partial charge in [-0.1, -0.05) is 12.1 Å². The molecule has 0 spiro atoms. The van der Waals surface area contributed by atoms with E-state index in [0.29, 0.717) is 0 Å². The number of methoxy groups -OCH3 is 2. The summed E-state index contributed by atoms with van der Waals surface area (Å²) in [6.07, 6.45) is 0. The van der Waals surface area contributed by atoms with Crippen molar-refractivity contribution in [3.8, 4) is 0 Å². The summed E-state index contributed by atoms with van der Waals surface area (Å²) in [6.45, 7) is 2.22. The third kappa shape index (κ3) is 4.50. The van der Waals surface area contributed by atoms with Gasteiger partial charge in [0, 0.05) is 18.1 Å². The molecule has 0 heterocycles. The maximum absolute atomic E-state index is 12.2. The lowest BCUT2D eigenvalue weighted by atomic mass is 9.73. The third-order valence-corrected chi connectivity index (χ3v) is 3.97. The minimum absolute atomic E-state index is 0.107. The monoisotopic (exact) mass is 365 g/mol. The Labute approximate surface area is 149 Å². The second-order valence-electron chi connectivity index (χ2n) is 5.60. The molecule has 0 bridgehead atoms. The van der Waals surface area contributed by atoms with Gasteiger partial charge in [0.15, 0.2) is 0 Å². The van der Waals surface area contributed by atoms with Crippen LogP contribution in [0.5, 0.6) is 0 Å². The fraction of sp³-hybridized carbons (Fsp3) is 0.412. The van der Waals surface area contributed by atoms with Crippen LogP contribution in [0.3, 0.4) is 0 Å². The van der Waals surface area contributed by atoms with Gasteiger partial charge in [-0.25, -0.2) is 0 Å². The van der Waals surface area contributed by atoms with Crippen molar-refractivity contribution in [3.05, 3.63) is 39.9 Å². The predicted molar refractivity (Wildman–Crippen MR) is 88.2 cm³/mol. The molecule has 0 fully saturated rings. The first-order valence-electron chi connectivity index (χ1n) is 7.56. The summed E-state index contributed by atoms with van der Waals surface area (Å²) in [6, 6.07) is 5.06. The van der Waals surface area contributed by atoms with Crippen molar-refractivity contribution < 1.29 is 33.6 Å². The number of non-ortho nitro benzene ring substituents is 1. The molecule has 26 heavy (non-hydrogen) atoms. The average molecular weight is 365 g/mol. The van der Waals surface area contributed by atoms with Crippen molar-refractivity contribution in [3.63, 3.8) is 0 Å². The van der Waals surface area contributed by atoms with Gasteiger partial charge in [-0.05, 0) is 19.4 Å². The molecule has 140 valence electrons. The first-order valence-corrected chi connectivity index (χ1v) is 7.56. The van der Waals surface area contributed by atoms with Crippen molar-refractivity contribution in [2.24, 2.45) is 11.8 Å². The Morgan fingerprint density at radius 3 is 1.77 bits per heavy atom. The number of rotatable bonds is 8. The Hall–Kier alpha value is -3.10. The molecule has 9 nitrogen and oxygen atoms in total. The molecule has 0 unspecified atom stereocenters. The molecule has 0 radical (unpaired) electrons. The molecule has 0 saturated carbocycles. The summed E-state index contributed by atoms with van der Waals surface area (Å²) in [7, 11) is 2.12. The highest BCUT2D eigenvalue weighted by Gasteiger charge is 2.45. The van der Waals surface area contributed by atoms with E-state index in [-0.39, 0.29) is 11.3 Å². The molecule has 9 heteroatoms. The molecular formula is C17H19NO8. The topological polar surface area (TPSA) is 130 Å². The minimum Gasteiger partial charge on any atom is -0.468 e. The molecule has 0 aliphatic rings. The van der Waals surface area contributed by atoms with Crippen LogP contribution in [0.15, 0.2) is 24.3 Å². The maximum atomic E-state index is 12.2. The lowest BCUT2D eigenvalue weighted by molar-refractivity contribution is -0.385. The number of carbonyl (C=O) groups is 4. The molecule has 0 aliphatic carbocycles. The van der Waals surface area contributed by atoms with Crippen LogP contribution in [0.4, 0.5) is 5.69 Å². The summed E-state index contributed by atoms with van der Waals surface area (Å²) in [5.74, 6) is -7.52. The van der Waals surface area contributed by atoms with Gasteiger partial charge in [-0.2, -0.15) is 0 Å². The van der Waals surface area contributed by atoms with Crippen LogP contribution in [0.2, 0.25) is 0 Å². The third-order valence-electron chi connectivity index (χ3n) is 3.97. The molecule has 0 aliphatic heterocycles. The Morgan fingerprint density at radius 2 is 1.42 bits per heavy atom. The fourth-order valence-electron chi connectivity index (χ4n) is 2.81. The van der Waals surface area contributed by atoms with Crippen molar-refractivity contribution in [2.75, 3.05) is 14.2 Å². The highest BCUT2D eigenvalue weighted by atomic mass is 16.6. The van der Waals surface area contributed by atoms with Crippen LogP contribution in [-0.4, -0.2) is 42.6 Å². The standard InChI is InChI=1S/C17H19NO8/c1-9(19)13(16(21)25-3)15(14(10(2)20)17(22)26-4)11-6-5-7-12(8-11)18(23)24/h5-8,13-15H,1-4H3/t13-,14-/m0/s1. The quantitative estimate of drug-likeness (QED) is 0.293. The summed E-state index contributed by atoms with van der Waals surface area (Å²) < 4.78 is 9.28. The number of nitro benzene ring substituents is 1. The average Bonchev–Trinajstić information content (AvgIpc) is 2.59. The van der Waals surface area contributed by atoms with E-state index in [2.05, 4.69) is 9.47 Å². The highest BCUT2D eigenvalue weighted by molar-refractivity contribution is 6.04. The van der Waals surface area contributed by atoms with E-state index in [1.54, 1.807) is 0 Å². The van der Waals surface area contributed by atoms with Crippen LogP contribution < -0.4 is 0 Å². The zero-order valence-corrected chi connectivity index (χ0v) is 14.8. The van der Waals surface area contributed by atoms with E-state index in [0.717, 1.165) is 34.1 Å². The van der Waals surface area contributed by atoms with Gasteiger partial charge in [0.05, 0.1) is 19.1 Å². The second-order valence-corrected chi connectivity index (χ2v) is 5.60. The van der Waals surface area contributed by atoms with E-state index in [1.165, 1.54) is 18.2 Å². The summed E-state index contributed by atoms with van der Waals surface area (Å²) in [5.41, 5.74) is -0.206. The lowest BCUT2D eigenvalue weighted by Gasteiger charge is -2.28. The van der Waals surface area contributed by atoms with Crippen molar-refractivity contribution in [1.82, 2.24) is 0 Å². The Morgan fingerprint density at radius 1 is 0.962 bits per heavy atom. The number of ether oxygens (including phenoxy) is 2. The number of nitrogens with zero attached hydrogens (tertiary/aromatic N) is 1. The minimum atomic E-state index is -1.50. The van der Waals surface area contributed by atoms with Crippen LogP contribution in [0, 0.1) is 22.0 Å². The molecule has 1 aromatic carbocycles. The van der Waals surface area contributed by atoms with Crippen molar-refractivity contribution in [1.29, 1.82) is 0 Å². The van der Waals surface area contributed by atoms with Gasteiger partial charge < -0.3 is 9.47 Å². The van der Waals surface area contributed by atoms with Crippen LogP contribution in [-0.2, 0) is 28.7 Å². The number of nitro groups is 1. The number of esters is 2. The number of ketones is 2. The van der Waals surface area contributed by atoms with E-state index in [9.17, 15) is 29.3 Å². The largest absolute Gasteiger partial charge is 0.468 e. The summed E-state index contributed by atoms with van der Waals surface area (Å²) in [4.78, 5) is 59.0. The molecule has 0 aromatic heterocycles. The van der Waals surface area contributed by atoms with E-state index in [4.69, 9.17) is 0 Å². The SMILES string of the molecule is COC(=O)[C@@H](C(C)=O)C(c1cccc([N+](=O)[O-])c1)[C@H](C(C)=O)C(=O)OC. The van der Waals surface area contributed by atoms with Gasteiger partial charge in [-0.3, -0.25) is 29.3 Å². The van der Waals surface area contributed by atoms with Crippen LogP contribution in [0.1, 0.15) is 25.3 Å². The van der Waals surface area contributed by atoms with Crippen molar-refractivity contribution >= 4 is 29.2 Å². The number of Topliss-reactive ketones (excluding diaryl/α,β-unsaturated/α-hetero) is 2. The molecule has 2 atom stereocenters. The first-order chi connectivity index (χ1) is 12.1.